The van der Waals surface area contributed by atoms with E-state index < -0.39 is 0 Å². The maximum Gasteiger partial charge on any atom is 0.237 e. The Hall–Kier alpha value is -3.00. The number of nitrogens with zero attached hydrogens (tertiary/aromatic N) is 3. The lowest BCUT2D eigenvalue weighted by atomic mass is 10.2. The standard InChI is InChI=1S/C21H25N5O2S/c1-3-4-10-19-24-25-21(26(19)22)29-15(2)20(27)23-16-11-13-18(14-12-16)28-17-8-6-5-7-9-17/h5-9,11-15H,3-4,10,22H2,1-2H3,(H,23,27)/t15-/m0/s1. The second-order valence-electron chi connectivity index (χ2n) is 6.56. The molecule has 152 valence electrons. The molecule has 0 saturated heterocycles. The normalized spacial score (nSPS) is 11.8. The molecule has 0 radical (unpaired) electrons. The molecule has 2 aromatic carbocycles. The van der Waals surface area contributed by atoms with Crippen molar-refractivity contribution in [3.05, 3.63) is 60.4 Å². The lowest BCUT2D eigenvalue weighted by Gasteiger charge is -2.12. The van der Waals surface area contributed by atoms with Gasteiger partial charge in [-0.3, -0.25) is 4.79 Å². The number of benzene rings is 2. The minimum absolute atomic E-state index is 0.134. The van der Waals surface area contributed by atoms with Crippen LogP contribution in [0.25, 0.3) is 0 Å². The number of rotatable bonds is 9. The first kappa shape index (κ1) is 20.7. The quantitative estimate of drug-likeness (QED) is 0.404. The number of nitrogen functional groups attached to an aromatic ring is 1. The number of nitrogens with two attached hydrogens (primary N) is 1. The first-order valence-electron chi connectivity index (χ1n) is 9.56. The summed E-state index contributed by atoms with van der Waals surface area (Å²) in [6.45, 7) is 3.92. The van der Waals surface area contributed by atoms with Gasteiger partial charge in [0.2, 0.25) is 11.1 Å². The van der Waals surface area contributed by atoms with Crippen molar-refractivity contribution < 1.29 is 9.53 Å². The molecule has 0 fully saturated rings. The summed E-state index contributed by atoms with van der Waals surface area (Å²) in [6.07, 6.45) is 2.84. The molecule has 29 heavy (non-hydrogen) atoms. The molecule has 0 aliphatic heterocycles. The highest BCUT2D eigenvalue weighted by atomic mass is 32.2. The third-order valence-electron chi connectivity index (χ3n) is 4.24. The van der Waals surface area contributed by atoms with Gasteiger partial charge in [-0.15, -0.1) is 10.2 Å². The molecule has 0 unspecified atom stereocenters. The molecule has 0 saturated carbocycles. The Kier molecular flexibility index (Phi) is 7.13. The molecule has 1 aromatic heterocycles. The van der Waals surface area contributed by atoms with Crippen molar-refractivity contribution in [2.75, 3.05) is 11.2 Å². The molecule has 8 heteroatoms. The number of hydrogen-bond acceptors (Lipinski definition) is 6. The second kappa shape index (κ2) is 9.97. The van der Waals surface area contributed by atoms with Crippen LogP contribution in [0.15, 0.2) is 59.8 Å². The number of hydrogen-bond donors (Lipinski definition) is 2. The molecule has 3 rings (SSSR count). The number of aromatic nitrogens is 3. The van der Waals surface area contributed by atoms with E-state index in [1.807, 2.05) is 61.5 Å². The zero-order valence-corrected chi connectivity index (χ0v) is 17.4. The minimum Gasteiger partial charge on any atom is -0.457 e. The highest BCUT2D eigenvalue weighted by Crippen LogP contribution is 2.25. The number of para-hydroxylation sites is 1. The fourth-order valence-electron chi connectivity index (χ4n) is 2.58. The van der Waals surface area contributed by atoms with Gasteiger partial charge < -0.3 is 15.9 Å². The molecule has 3 aromatic rings. The predicted octanol–water partition coefficient (Wildman–Crippen LogP) is 4.25. The Morgan fingerprint density at radius 1 is 1.14 bits per heavy atom. The number of unbranched alkanes of at least 4 members (excludes halogenated alkanes) is 1. The largest absolute Gasteiger partial charge is 0.457 e. The summed E-state index contributed by atoms with van der Waals surface area (Å²) in [6, 6.07) is 16.8. The van der Waals surface area contributed by atoms with Gasteiger partial charge in [0.15, 0.2) is 5.82 Å². The van der Waals surface area contributed by atoms with Gasteiger partial charge in [-0.1, -0.05) is 43.3 Å². The van der Waals surface area contributed by atoms with E-state index in [2.05, 4.69) is 22.4 Å². The third kappa shape index (κ3) is 5.74. The van der Waals surface area contributed by atoms with E-state index in [9.17, 15) is 4.79 Å². The number of carbonyl (C=O) groups excluding carboxylic acids is 1. The molecule has 0 aliphatic rings. The van der Waals surface area contributed by atoms with E-state index in [0.717, 1.165) is 30.8 Å². The lowest BCUT2D eigenvalue weighted by molar-refractivity contribution is -0.115. The number of carbonyl (C=O) groups is 1. The van der Waals surface area contributed by atoms with Crippen molar-refractivity contribution in [1.29, 1.82) is 0 Å². The van der Waals surface area contributed by atoms with Crippen LogP contribution in [0.3, 0.4) is 0 Å². The Labute approximate surface area is 174 Å². The molecule has 7 nitrogen and oxygen atoms in total. The highest BCUT2D eigenvalue weighted by Gasteiger charge is 2.19. The summed E-state index contributed by atoms with van der Waals surface area (Å²) in [4.78, 5) is 12.5. The van der Waals surface area contributed by atoms with Gasteiger partial charge in [0, 0.05) is 12.1 Å². The molecule has 1 amide bonds. The smallest absolute Gasteiger partial charge is 0.237 e. The van der Waals surface area contributed by atoms with Gasteiger partial charge in [0.05, 0.1) is 5.25 Å². The molecule has 1 heterocycles. The number of aryl methyl sites for hydroxylation is 1. The van der Waals surface area contributed by atoms with E-state index >= 15 is 0 Å². The SMILES string of the molecule is CCCCc1nnc(S[C@@H](C)C(=O)Nc2ccc(Oc3ccccc3)cc2)n1N. The monoisotopic (exact) mass is 411 g/mol. The fraction of sp³-hybridized carbons (Fsp3) is 0.286. The summed E-state index contributed by atoms with van der Waals surface area (Å²) in [7, 11) is 0. The fourth-order valence-corrected chi connectivity index (χ4v) is 3.37. The van der Waals surface area contributed by atoms with Gasteiger partial charge in [-0.25, -0.2) is 4.68 Å². The third-order valence-corrected chi connectivity index (χ3v) is 5.30. The van der Waals surface area contributed by atoms with Crippen molar-refractivity contribution in [2.45, 2.75) is 43.5 Å². The zero-order valence-electron chi connectivity index (χ0n) is 16.5. The lowest BCUT2D eigenvalue weighted by Crippen LogP contribution is -2.23. The number of ether oxygens (including phenoxy) is 1. The average molecular weight is 412 g/mol. The molecule has 0 spiro atoms. The van der Waals surface area contributed by atoms with Crippen LogP contribution in [0.1, 0.15) is 32.5 Å². The molecule has 1 atom stereocenters. The van der Waals surface area contributed by atoms with E-state index in [1.54, 1.807) is 0 Å². The maximum atomic E-state index is 12.5. The molecular weight excluding hydrogens is 386 g/mol. The summed E-state index contributed by atoms with van der Waals surface area (Å²) in [5.74, 6) is 8.11. The molecule has 3 N–H and O–H groups in total. The summed E-state index contributed by atoms with van der Waals surface area (Å²) >= 11 is 1.28. The number of nitrogens with one attached hydrogen (secondary N) is 1. The van der Waals surface area contributed by atoms with Crippen LogP contribution >= 0.6 is 11.8 Å². The number of thioether (sulfide) groups is 1. The summed E-state index contributed by atoms with van der Waals surface area (Å²) < 4.78 is 7.23. The topological polar surface area (TPSA) is 95.1 Å². The predicted molar refractivity (Wildman–Crippen MR) is 116 cm³/mol. The van der Waals surface area contributed by atoms with Crippen LogP contribution in [0.4, 0.5) is 5.69 Å². The minimum atomic E-state index is -0.374. The number of amides is 1. The Morgan fingerprint density at radius 2 is 1.83 bits per heavy atom. The molecule has 0 aliphatic carbocycles. The van der Waals surface area contributed by atoms with Crippen LogP contribution in [0.2, 0.25) is 0 Å². The van der Waals surface area contributed by atoms with Gasteiger partial charge in [0.1, 0.15) is 11.5 Å². The van der Waals surface area contributed by atoms with Crippen LogP contribution < -0.4 is 15.9 Å². The van der Waals surface area contributed by atoms with Crippen molar-refractivity contribution in [3.8, 4) is 11.5 Å². The van der Waals surface area contributed by atoms with Crippen LogP contribution in [0, 0.1) is 0 Å². The summed E-state index contributed by atoms with van der Waals surface area (Å²) in [5.41, 5.74) is 0.695. The Morgan fingerprint density at radius 3 is 2.52 bits per heavy atom. The number of anilines is 1. The van der Waals surface area contributed by atoms with E-state index in [0.29, 0.717) is 16.6 Å². The van der Waals surface area contributed by atoms with Crippen molar-refractivity contribution in [2.24, 2.45) is 0 Å². The van der Waals surface area contributed by atoms with Gasteiger partial charge in [-0.2, -0.15) is 0 Å². The second-order valence-corrected chi connectivity index (χ2v) is 7.87. The van der Waals surface area contributed by atoms with Crippen LogP contribution in [-0.4, -0.2) is 26.0 Å². The van der Waals surface area contributed by atoms with Gasteiger partial charge >= 0.3 is 0 Å². The van der Waals surface area contributed by atoms with Crippen LogP contribution in [0.5, 0.6) is 11.5 Å². The summed E-state index contributed by atoms with van der Waals surface area (Å²) in [5, 5.41) is 11.3. The maximum absolute atomic E-state index is 12.5. The van der Waals surface area contributed by atoms with E-state index in [-0.39, 0.29) is 11.2 Å². The van der Waals surface area contributed by atoms with Crippen molar-refractivity contribution in [3.63, 3.8) is 0 Å². The highest BCUT2D eigenvalue weighted by molar-refractivity contribution is 8.00. The van der Waals surface area contributed by atoms with E-state index in [4.69, 9.17) is 10.6 Å². The first-order valence-corrected chi connectivity index (χ1v) is 10.4. The Bertz CT molecular complexity index is 928. The van der Waals surface area contributed by atoms with Gasteiger partial charge in [-0.05, 0) is 49.7 Å². The van der Waals surface area contributed by atoms with E-state index in [1.165, 1.54) is 16.4 Å². The van der Waals surface area contributed by atoms with Crippen molar-refractivity contribution >= 4 is 23.4 Å². The first-order chi connectivity index (χ1) is 14.1. The molecular formula is C21H25N5O2S. The molecule has 0 bridgehead atoms. The van der Waals surface area contributed by atoms with Gasteiger partial charge in [0.25, 0.3) is 0 Å². The zero-order chi connectivity index (χ0) is 20.6. The average Bonchev–Trinajstić information content (AvgIpc) is 3.08. The van der Waals surface area contributed by atoms with Crippen LogP contribution in [-0.2, 0) is 11.2 Å². The Balaban J connectivity index is 1.55. The van der Waals surface area contributed by atoms with Crippen molar-refractivity contribution in [1.82, 2.24) is 14.9 Å².